The molecule has 0 aromatic heterocycles. The smallest absolute Gasteiger partial charge is 0.220 e. The molecule has 1 amide bonds. The van der Waals surface area contributed by atoms with Gasteiger partial charge in [0.15, 0.2) is 0 Å². The van der Waals surface area contributed by atoms with E-state index >= 15 is 0 Å². The third kappa shape index (κ3) is 5.78. The number of aryl methyl sites for hydroxylation is 1. The van der Waals surface area contributed by atoms with Crippen molar-refractivity contribution >= 4 is 5.91 Å². The Balaban J connectivity index is 1.61. The van der Waals surface area contributed by atoms with E-state index in [9.17, 15) is 4.79 Å². The second-order valence-corrected chi connectivity index (χ2v) is 5.97. The Morgan fingerprint density at radius 2 is 2.18 bits per heavy atom. The molecule has 0 radical (unpaired) electrons. The predicted molar refractivity (Wildman–Crippen MR) is 88.9 cm³/mol. The van der Waals surface area contributed by atoms with Gasteiger partial charge in [-0.1, -0.05) is 30.3 Å². The van der Waals surface area contributed by atoms with Crippen molar-refractivity contribution in [3.63, 3.8) is 0 Å². The Labute approximate surface area is 133 Å². The van der Waals surface area contributed by atoms with E-state index < -0.39 is 0 Å². The molecule has 0 bridgehead atoms. The number of carbonyl (C=O) groups is 1. The van der Waals surface area contributed by atoms with Crippen molar-refractivity contribution in [3.05, 3.63) is 35.9 Å². The molecule has 1 N–H and O–H groups in total. The summed E-state index contributed by atoms with van der Waals surface area (Å²) < 4.78 is 5.14. The maximum absolute atomic E-state index is 12.0. The molecule has 122 valence electrons. The molecule has 1 aliphatic rings. The number of rotatable bonds is 9. The Kier molecular flexibility index (Phi) is 7.40. The standard InChI is InChI=1S/C18H28N2O2/c1-22-14-13-20-12-6-10-17(20)15-19-18(21)11-5-9-16-7-3-2-4-8-16/h2-4,7-8,17H,5-6,9-15H2,1H3,(H,19,21)/t17-/m1/s1. The Morgan fingerprint density at radius 3 is 2.95 bits per heavy atom. The van der Waals surface area contributed by atoms with Crippen LogP contribution in [0.1, 0.15) is 31.2 Å². The lowest BCUT2D eigenvalue weighted by Crippen LogP contribution is -2.41. The molecule has 2 rings (SSSR count). The van der Waals surface area contributed by atoms with Gasteiger partial charge in [0.25, 0.3) is 0 Å². The monoisotopic (exact) mass is 304 g/mol. The van der Waals surface area contributed by atoms with Crippen LogP contribution in [0.25, 0.3) is 0 Å². The number of hydrogen-bond acceptors (Lipinski definition) is 3. The lowest BCUT2D eigenvalue weighted by atomic mass is 10.1. The summed E-state index contributed by atoms with van der Waals surface area (Å²) in [4.78, 5) is 14.4. The SMILES string of the molecule is COCCN1CCC[C@@H]1CNC(=O)CCCc1ccccc1. The largest absolute Gasteiger partial charge is 0.383 e. The molecule has 0 spiro atoms. The van der Waals surface area contributed by atoms with Crippen molar-refractivity contribution in [2.24, 2.45) is 0 Å². The number of carbonyl (C=O) groups excluding carboxylic acids is 1. The van der Waals surface area contributed by atoms with Crippen LogP contribution in [0.5, 0.6) is 0 Å². The van der Waals surface area contributed by atoms with Gasteiger partial charge in [0, 0.05) is 32.7 Å². The highest BCUT2D eigenvalue weighted by atomic mass is 16.5. The van der Waals surface area contributed by atoms with Gasteiger partial charge in [0.1, 0.15) is 0 Å². The molecule has 1 saturated heterocycles. The molecule has 4 heteroatoms. The first kappa shape index (κ1) is 17.0. The highest BCUT2D eigenvalue weighted by molar-refractivity contribution is 5.75. The fourth-order valence-corrected chi connectivity index (χ4v) is 3.05. The summed E-state index contributed by atoms with van der Waals surface area (Å²) in [6.45, 7) is 3.62. The molecular formula is C18H28N2O2. The van der Waals surface area contributed by atoms with Crippen molar-refractivity contribution in [3.8, 4) is 0 Å². The van der Waals surface area contributed by atoms with Crippen molar-refractivity contribution < 1.29 is 9.53 Å². The van der Waals surface area contributed by atoms with Crippen LogP contribution in [0.3, 0.4) is 0 Å². The number of methoxy groups -OCH3 is 1. The molecule has 1 heterocycles. The molecule has 1 aliphatic heterocycles. The normalized spacial score (nSPS) is 18.5. The predicted octanol–water partition coefficient (Wildman–Crippen LogP) is 2.24. The second-order valence-electron chi connectivity index (χ2n) is 5.97. The third-order valence-corrected chi connectivity index (χ3v) is 4.33. The minimum Gasteiger partial charge on any atom is -0.383 e. The lowest BCUT2D eigenvalue weighted by molar-refractivity contribution is -0.121. The minimum atomic E-state index is 0.175. The summed E-state index contributed by atoms with van der Waals surface area (Å²) in [6.07, 6.45) is 4.89. The molecule has 1 aromatic carbocycles. The van der Waals surface area contributed by atoms with E-state index in [0.29, 0.717) is 12.5 Å². The van der Waals surface area contributed by atoms with E-state index in [1.165, 1.54) is 18.4 Å². The third-order valence-electron chi connectivity index (χ3n) is 4.33. The second kappa shape index (κ2) is 9.59. The quantitative estimate of drug-likeness (QED) is 0.761. The molecule has 0 unspecified atom stereocenters. The van der Waals surface area contributed by atoms with E-state index in [1.807, 2.05) is 18.2 Å². The molecule has 1 atom stereocenters. The Bertz CT molecular complexity index is 436. The summed E-state index contributed by atoms with van der Waals surface area (Å²) in [7, 11) is 1.74. The van der Waals surface area contributed by atoms with Gasteiger partial charge in [-0.2, -0.15) is 0 Å². The van der Waals surface area contributed by atoms with Crippen LogP contribution in [-0.2, 0) is 16.0 Å². The maximum atomic E-state index is 12.0. The van der Waals surface area contributed by atoms with Crippen molar-refractivity contribution in [2.75, 3.05) is 33.4 Å². The van der Waals surface area contributed by atoms with Crippen molar-refractivity contribution in [1.29, 1.82) is 0 Å². The summed E-state index contributed by atoms with van der Waals surface area (Å²) in [5.41, 5.74) is 1.30. The Morgan fingerprint density at radius 1 is 1.36 bits per heavy atom. The van der Waals surface area contributed by atoms with E-state index in [0.717, 1.165) is 39.1 Å². The first-order valence-electron chi connectivity index (χ1n) is 8.33. The fourth-order valence-electron chi connectivity index (χ4n) is 3.05. The zero-order valence-corrected chi connectivity index (χ0v) is 13.6. The average Bonchev–Trinajstić information content (AvgIpc) is 2.99. The number of amides is 1. The van der Waals surface area contributed by atoms with Crippen LogP contribution in [0.2, 0.25) is 0 Å². The number of benzene rings is 1. The zero-order valence-electron chi connectivity index (χ0n) is 13.6. The molecule has 1 aromatic rings. The zero-order chi connectivity index (χ0) is 15.6. The number of ether oxygens (including phenoxy) is 1. The van der Waals surface area contributed by atoms with Crippen molar-refractivity contribution in [2.45, 2.75) is 38.1 Å². The maximum Gasteiger partial charge on any atom is 0.220 e. The lowest BCUT2D eigenvalue weighted by Gasteiger charge is -2.24. The Hall–Kier alpha value is -1.39. The topological polar surface area (TPSA) is 41.6 Å². The molecule has 0 saturated carbocycles. The number of nitrogens with zero attached hydrogens (tertiary/aromatic N) is 1. The van der Waals surface area contributed by atoms with Gasteiger partial charge < -0.3 is 10.1 Å². The number of hydrogen-bond donors (Lipinski definition) is 1. The van der Waals surface area contributed by atoms with Crippen molar-refractivity contribution in [1.82, 2.24) is 10.2 Å². The van der Waals surface area contributed by atoms with Crippen LogP contribution in [0, 0.1) is 0 Å². The van der Waals surface area contributed by atoms with Gasteiger partial charge in [-0.3, -0.25) is 9.69 Å². The van der Waals surface area contributed by atoms with E-state index in [-0.39, 0.29) is 5.91 Å². The van der Waals surface area contributed by atoms with Gasteiger partial charge in [-0.25, -0.2) is 0 Å². The molecule has 22 heavy (non-hydrogen) atoms. The first-order valence-corrected chi connectivity index (χ1v) is 8.33. The molecule has 1 fully saturated rings. The number of likely N-dealkylation sites (tertiary alicyclic amines) is 1. The van der Waals surface area contributed by atoms with Gasteiger partial charge in [-0.15, -0.1) is 0 Å². The van der Waals surface area contributed by atoms with E-state index in [1.54, 1.807) is 7.11 Å². The van der Waals surface area contributed by atoms with Gasteiger partial charge in [0.2, 0.25) is 5.91 Å². The van der Waals surface area contributed by atoms with E-state index in [4.69, 9.17) is 4.74 Å². The van der Waals surface area contributed by atoms with E-state index in [2.05, 4.69) is 22.3 Å². The summed E-state index contributed by atoms with van der Waals surface area (Å²) >= 11 is 0. The highest BCUT2D eigenvalue weighted by Crippen LogP contribution is 2.16. The summed E-state index contributed by atoms with van der Waals surface area (Å²) in [5.74, 6) is 0.175. The molecule has 4 nitrogen and oxygen atoms in total. The minimum absolute atomic E-state index is 0.175. The highest BCUT2D eigenvalue weighted by Gasteiger charge is 2.24. The fraction of sp³-hybridized carbons (Fsp3) is 0.611. The van der Waals surface area contributed by atoms with Crippen LogP contribution < -0.4 is 5.32 Å². The van der Waals surface area contributed by atoms with Crippen LogP contribution in [0.15, 0.2) is 30.3 Å². The van der Waals surface area contributed by atoms with Crippen LogP contribution in [0.4, 0.5) is 0 Å². The van der Waals surface area contributed by atoms with Gasteiger partial charge in [0.05, 0.1) is 6.61 Å². The number of nitrogens with one attached hydrogen (secondary N) is 1. The van der Waals surface area contributed by atoms with Crippen LogP contribution in [-0.4, -0.2) is 50.2 Å². The van der Waals surface area contributed by atoms with Gasteiger partial charge >= 0.3 is 0 Å². The summed E-state index contributed by atoms with van der Waals surface area (Å²) in [5, 5.41) is 3.10. The average molecular weight is 304 g/mol. The molecular weight excluding hydrogens is 276 g/mol. The van der Waals surface area contributed by atoms with Crippen LogP contribution >= 0.6 is 0 Å². The first-order chi connectivity index (χ1) is 10.8. The van der Waals surface area contributed by atoms with Gasteiger partial charge in [-0.05, 0) is 37.8 Å². The molecule has 0 aliphatic carbocycles. The summed E-state index contributed by atoms with van der Waals surface area (Å²) in [6, 6.07) is 10.8.